The average molecular weight is 242 g/mol. The Labute approximate surface area is 100 Å². The van der Waals surface area contributed by atoms with Crippen LogP contribution in [0.5, 0.6) is 0 Å². The molecule has 0 aromatic rings. The van der Waals surface area contributed by atoms with Crippen LogP contribution in [0.2, 0.25) is 0 Å². The third-order valence-corrected chi connectivity index (χ3v) is 3.22. The zero-order chi connectivity index (χ0) is 13.2. The van der Waals surface area contributed by atoms with Gasteiger partial charge in [0.1, 0.15) is 0 Å². The van der Waals surface area contributed by atoms with Crippen molar-refractivity contribution < 1.29 is 19.5 Å². The molecule has 0 spiro atoms. The molecular formula is C11H18N2O4. The van der Waals surface area contributed by atoms with Gasteiger partial charge < -0.3 is 14.9 Å². The number of piperazine rings is 1. The maximum atomic E-state index is 11.4. The van der Waals surface area contributed by atoms with Crippen molar-refractivity contribution in [2.45, 2.75) is 39.3 Å². The van der Waals surface area contributed by atoms with Crippen LogP contribution in [0.15, 0.2) is 0 Å². The number of carbonyl (C=O) groups excluding carboxylic acids is 2. The number of carbonyl (C=O) groups is 3. The summed E-state index contributed by atoms with van der Waals surface area (Å²) in [5.41, 5.74) is 0. The zero-order valence-electron chi connectivity index (χ0n) is 10.3. The Bertz CT molecular complexity index is 342. The average Bonchev–Trinajstić information content (AvgIpc) is 2.19. The van der Waals surface area contributed by atoms with Gasteiger partial charge in [-0.05, 0) is 6.92 Å². The van der Waals surface area contributed by atoms with Gasteiger partial charge in [-0.15, -0.1) is 0 Å². The van der Waals surface area contributed by atoms with Gasteiger partial charge in [-0.25, -0.2) is 0 Å². The normalized spacial score (nSPS) is 24.6. The number of amides is 2. The summed E-state index contributed by atoms with van der Waals surface area (Å²) >= 11 is 0. The van der Waals surface area contributed by atoms with Crippen LogP contribution >= 0.6 is 0 Å². The van der Waals surface area contributed by atoms with E-state index in [9.17, 15) is 14.4 Å². The number of rotatable bonds is 2. The molecule has 0 saturated carbocycles. The van der Waals surface area contributed by atoms with E-state index in [1.807, 2.05) is 0 Å². The van der Waals surface area contributed by atoms with Crippen LogP contribution in [0.3, 0.4) is 0 Å². The third-order valence-electron chi connectivity index (χ3n) is 3.22. The van der Waals surface area contributed by atoms with Gasteiger partial charge in [-0.2, -0.15) is 0 Å². The molecule has 0 bridgehead atoms. The third kappa shape index (κ3) is 2.95. The van der Waals surface area contributed by atoms with Gasteiger partial charge in [0.05, 0.1) is 12.5 Å². The first kappa shape index (κ1) is 13.5. The Kier molecular flexibility index (Phi) is 4.09. The van der Waals surface area contributed by atoms with E-state index in [1.54, 1.807) is 11.8 Å². The van der Waals surface area contributed by atoms with Gasteiger partial charge in [-0.3, -0.25) is 14.4 Å². The highest BCUT2D eigenvalue weighted by molar-refractivity contribution is 5.77. The second-order valence-electron chi connectivity index (χ2n) is 4.33. The van der Waals surface area contributed by atoms with Crippen LogP contribution in [0, 0.1) is 0 Å². The van der Waals surface area contributed by atoms with Gasteiger partial charge in [0.15, 0.2) is 0 Å². The van der Waals surface area contributed by atoms with E-state index >= 15 is 0 Å². The molecule has 1 aliphatic rings. The number of carboxylic acid groups (broad SMARTS) is 1. The predicted molar refractivity (Wildman–Crippen MR) is 60.3 cm³/mol. The second kappa shape index (κ2) is 5.16. The Balaban J connectivity index is 2.90. The first-order chi connectivity index (χ1) is 7.84. The van der Waals surface area contributed by atoms with E-state index < -0.39 is 12.0 Å². The number of nitrogens with zero attached hydrogens (tertiary/aromatic N) is 2. The quantitative estimate of drug-likeness (QED) is 0.735. The van der Waals surface area contributed by atoms with E-state index in [4.69, 9.17) is 5.11 Å². The Morgan fingerprint density at radius 2 is 1.59 bits per heavy atom. The summed E-state index contributed by atoms with van der Waals surface area (Å²) in [5.74, 6) is -1.19. The molecule has 1 heterocycles. The standard InChI is InChI=1S/C11H18N2O4/c1-7-10(6-11(16)17)13(9(3)15)5-4-12(7)8(2)14/h7,10H,4-6H2,1-3H3,(H,16,17)/t7-,10+/m1/s1. The van der Waals surface area contributed by atoms with Gasteiger partial charge in [0.2, 0.25) is 11.8 Å². The Morgan fingerprint density at radius 3 is 2.00 bits per heavy atom. The summed E-state index contributed by atoms with van der Waals surface area (Å²) in [6, 6.07) is -0.705. The van der Waals surface area contributed by atoms with Crippen LogP contribution in [0.1, 0.15) is 27.2 Å². The summed E-state index contributed by atoms with van der Waals surface area (Å²) in [6.07, 6.45) is -0.134. The molecule has 1 rings (SSSR count). The molecule has 0 unspecified atom stereocenters. The fraction of sp³-hybridized carbons (Fsp3) is 0.727. The van der Waals surface area contributed by atoms with Crippen LogP contribution < -0.4 is 0 Å². The fourth-order valence-corrected chi connectivity index (χ4v) is 2.35. The molecular weight excluding hydrogens is 224 g/mol. The molecule has 1 aliphatic heterocycles. The van der Waals surface area contributed by atoms with E-state index in [0.29, 0.717) is 13.1 Å². The first-order valence-corrected chi connectivity index (χ1v) is 5.60. The fourth-order valence-electron chi connectivity index (χ4n) is 2.35. The Hall–Kier alpha value is -1.59. The molecule has 0 aliphatic carbocycles. The van der Waals surface area contributed by atoms with Crippen LogP contribution in [-0.4, -0.2) is 57.9 Å². The van der Waals surface area contributed by atoms with Crippen molar-refractivity contribution >= 4 is 17.8 Å². The molecule has 1 saturated heterocycles. The van der Waals surface area contributed by atoms with Crippen LogP contribution in [0.25, 0.3) is 0 Å². The summed E-state index contributed by atoms with van der Waals surface area (Å²) < 4.78 is 0. The van der Waals surface area contributed by atoms with Crippen molar-refractivity contribution in [3.63, 3.8) is 0 Å². The van der Waals surface area contributed by atoms with Gasteiger partial charge >= 0.3 is 5.97 Å². The lowest BCUT2D eigenvalue weighted by molar-refractivity contribution is -0.149. The van der Waals surface area contributed by atoms with Crippen molar-refractivity contribution in [3.05, 3.63) is 0 Å². The minimum atomic E-state index is -0.960. The summed E-state index contributed by atoms with van der Waals surface area (Å²) in [7, 11) is 0. The van der Waals surface area contributed by atoms with E-state index in [0.717, 1.165) is 0 Å². The molecule has 0 radical (unpaired) electrons. The lowest BCUT2D eigenvalue weighted by atomic mass is 9.99. The molecule has 2 atom stereocenters. The molecule has 6 heteroatoms. The molecule has 2 amide bonds. The highest BCUT2D eigenvalue weighted by Gasteiger charge is 2.37. The first-order valence-electron chi connectivity index (χ1n) is 5.60. The van der Waals surface area contributed by atoms with Crippen LogP contribution in [-0.2, 0) is 14.4 Å². The summed E-state index contributed by atoms with van der Waals surface area (Å²) in [6.45, 7) is 5.52. The van der Waals surface area contributed by atoms with Crippen molar-refractivity contribution in [2.75, 3.05) is 13.1 Å². The molecule has 17 heavy (non-hydrogen) atoms. The second-order valence-corrected chi connectivity index (χ2v) is 4.33. The topological polar surface area (TPSA) is 77.9 Å². The van der Waals surface area contributed by atoms with Crippen molar-refractivity contribution in [1.29, 1.82) is 0 Å². The van der Waals surface area contributed by atoms with E-state index in [-0.39, 0.29) is 24.3 Å². The highest BCUT2D eigenvalue weighted by atomic mass is 16.4. The minimum Gasteiger partial charge on any atom is -0.481 e. The lowest BCUT2D eigenvalue weighted by Crippen LogP contribution is -2.61. The van der Waals surface area contributed by atoms with Crippen molar-refractivity contribution in [2.24, 2.45) is 0 Å². The van der Waals surface area contributed by atoms with Crippen LogP contribution in [0.4, 0.5) is 0 Å². The predicted octanol–water partition coefficient (Wildman–Crippen LogP) is -0.0712. The monoisotopic (exact) mass is 242 g/mol. The molecule has 1 fully saturated rings. The number of carboxylic acids is 1. The number of hydrogen-bond donors (Lipinski definition) is 1. The van der Waals surface area contributed by atoms with Gasteiger partial charge in [0, 0.05) is 33.0 Å². The Morgan fingerprint density at radius 1 is 1.12 bits per heavy atom. The molecule has 0 aromatic carbocycles. The van der Waals surface area contributed by atoms with Gasteiger partial charge in [0.25, 0.3) is 0 Å². The van der Waals surface area contributed by atoms with Gasteiger partial charge in [-0.1, -0.05) is 0 Å². The highest BCUT2D eigenvalue weighted by Crippen LogP contribution is 2.20. The maximum absolute atomic E-state index is 11.4. The molecule has 0 aromatic heterocycles. The van der Waals surface area contributed by atoms with Crippen molar-refractivity contribution in [3.8, 4) is 0 Å². The van der Waals surface area contributed by atoms with E-state index in [1.165, 1.54) is 18.7 Å². The molecule has 6 nitrogen and oxygen atoms in total. The molecule has 1 N–H and O–H groups in total. The lowest BCUT2D eigenvalue weighted by Gasteiger charge is -2.45. The number of hydrogen-bond acceptors (Lipinski definition) is 3. The summed E-state index contributed by atoms with van der Waals surface area (Å²) in [4.78, 5) is 36.8. The minimum absolute atomic E-state index is 0.0870. The zero-order valence-corrected chi connectivity index (χ0v) is 10.3. The van der Waals surface area contributed by atoms with Crippen molar-refractivity contribution in [1.82, 2.24) is 9.80 Å². The maximum Gasteiger partial charge on any atom is 0.305 e. The van der Waals surface area contributed by atoms with E-state index in [2.05, 4.69) is 0 Å². The summed E-state index contributed by atoms with van der Waals surface area (Å²) in [5, 5.41) is 8.87. The largest absolute Gasteiger partial charge is 0.481 e. The number of aliphatic carboxylic acids is 1. The molecule has 96 valence electrons. The smallest absolute Gasteiger partial charge is 0.305 e. The SMILES string of the molecule is CC(=O)N1CCN(C(C)=O)[C@@H](CC(=O)O)[C@H]1C.